The molecule has 1 aromatic carbocycles. The van der Waals surface area contributed by atoms with Gasteiger partial charge in [0.05, 0.1) is 11.5 Å². The van der Waals surface area contributed by atoms with Crippen molar-refractivity contribution in [2.75, 3.05) is 0 Å². The molecule has 1 heterocycles. The van der Waals surface area contributed by atoms with Gasteiger partial charge in [-0.1, -0.05) is 24.3 Å². The van der Waals surface area contributed by atoms with Gasteiger partial charge < -0.3 is 10.4 Å². The zero-order chi connectivity index (χ0) is 15.2. The first kappa shape index (κ1) is 14.7. The van der Waals surface area contributed by atoms with Crippen LogP contribution in [0, 0.1) is 10.1 Å². The zero-order valence-electron chi connectivity index (χ0n) is 11.1. The second-order valence-corrected chi connectivity index (χ2v) is 4.41. The van der Waals surface area contributed by atoms with Crippen molar-refractivity contribution in [1.29, 1.82) is 0 Å². The summed E-state index contributed by atoms with van der Waals surface area (Å²) in [6, 6.07) is 7.20. The highest BCUT2D eigenvalue weighted by Gasteiger charge is 2.11. The van der Waals surface area contributed by atoms with E-state index in [4.69, 9.17) is 5.11 Å². The van der Waals surface area contributed by atoms with Crippen LogP contribution in [-0.2, 0) is 24.5 Å². The summed E-state index contributed by atoms with van der Waals surface area (Å²) < 4.78 is 1.21. The number of hydrogen-bond donors (Lipinski definition) is 2. The van der Waals surface area contributed by atoms with Crippen molar-refractivity contribution in [3.05, 3.63) is 57.9 Å². The number of nitro groups is 1. The molecule has 110 valence electrons. The number of rotatable bonds is 6. The minimum atomic E-state index is -0.568. The first-order valence-corrected chi connectivity index (χ1v) is 6.20. The lowest BCUT2D eigenvalue weighted by molar-refractivity contribution is -0.385. The number of aliphatic hydroxyl groups excluding tert-OH is 1. The Morgan fingerprint density at radius 1 is 1.43 bits per heavy atom. The van der Waals surface area contributed by atoms with Crippen molar-refractivity contribution in [2.24, 2.45) is 0 Å². The van der Waals surface area contributed by atoms with Gasteiger partial charge in [0.15, 0.2) is 0 Å². The number of benzene rings is 1. The lowest BCUT2D eigenvalue weighted by atomic mass is 10.1. The molecule has 0 spiro atoms. The molecule has 0 unspecified atom stereocenters. The number of nitrogens with zero attached hydrogens (tertiary/aromatic N) is 3. The van der Waals surface area contributed by atoms with E-state index in [1.54, 1.807) is 18.2 Å². The SMILES string of the molecule is O=C(Cn1cc([N+](=O)[O-])cn1)NCc1cccc(CO)c1. The Balaban J connectivity index is 1.87. The Morgan fingerprint density at radius 2 is 2.19 bits per heavy atom. The Morgan fingerprint density at radius 3 is 2.86 bits per heavy atom. The van der Waals surface area contributed by atoms with E-state index in [0.29, 0.717) is 6.54 Å². The van der Waals surface area contributed by atoms with Crippen molar-refractivity contribution in [2.45, 2.75) is 19.7 Å². The molecule has 8 nitrogen and oxygen atoms in total. The molecule has 0 aliphatic rings. The Hall–Kier alpha value is -2.74. The lowest BCUT2D eigenvalue weighted by Gasteiger charge is -2.06. The van der Waals surface area contributed by atoms with Gasteiger partial charge in [-0.25, -0.2) is 0 Å². The minimum Gasteiger partial charge on any atom is -0.392 e. The minimum absolute atomic E-state index is 0.0568. The molecular weight excluding hydrogens is 276 g/mol. The topological polar surface area (TPSA) is 110 Å². The largest absolute Gasteiger partial charge is 0.392 e. The third-order valence-electron chi connectivity index (χ3n) is 2.80. The van der Waals surface area contributed by atoms with Crippen LogP contribution in [0.5, 0.6) is 0 Å². The molecule has 2 rings (SSSR count). The third-order valence-corrected chi connectivity index (χ3v) is 2.80. The van der Waals surface area contributed by atoms with Crippen LogP contribution in [0.15, 0.2) is 36.7 Å². The van der Waals surface area contributed by atoms with E-state index in [-0.39, 0.29) is 24.7 Å². The predicted molar refractivity (Wildman–Crippen MR) is 73.1 cm³/mol. The van der Waals surface area contributed by atoms with Crippen LogP contribution in [0.1, 0.15) is 11.1 Å². The highest BCUT2D eigenvalue weighted by atomic mass is 16.6. The molecule has 2 N–H and O–H groups in total. The Bertz CT molecular complexity index is 653. The monoisotopic (exact) mass is 290 g/mol. The predicted octanol–water partition coefficient (Wildman–Crippen LogP) is 0.600. The van der Waals surface area contributed by atoms with E-state index in [1.165, 1.54) is 10.9 Å². The quantitative estimate of drug-likeness (QED) is 0.598. The van der Waals surface area contributed by atoms with Crippen molar-refractivity contribution in [3.63, 3.8) is 0 Å². The van der Waals surface area contributed by atoms with Crippen LogP contribution in [0.2, 0.25) is 0 Å². The summed E-state index contributed by atoms with van der Waals surface area (Å²) in [5, 5.41) is 26.0. The normalized spacial score (nSPS) is 10.3. The highest BCUT2D eigenvalue weighted by molar-refractivity contribution is 5.75. The molecule has 21 heavy (non-hydrogen) atoms. The Kier molecular flexibility index (Phi) is 4.62. The molecule has 0 radical (unpaired) electrons. The number of carbonyl (C=O) groups excluding carboxylic acids is 1. The number of amides is 1. The molecule has 0 aliphatic heterocycles. The second kappa shape index (κ2) is 6.62. The summed E-state index contributed by atoms with van der Waals surface area (Å²) in [6.07, 6.45) is 2.30. The fourth-order valence-corrected chi connectivity index (χ4v) is 1.78. The summed E-state index contributed by atoms with van der Waals surface area (Å²) in [7, 11) is 0. The molecule has 0 saturated heterocycles. The summed E-state index contributed by atoms with van der Waals surface area (Å²) in [5.74, 6) is -0.303. The fourth-order valence-electron chi connectivity index (χ4n) is 1.78. The molecule has 1 aromatic heterocycles. The van der Waals surface area contributed by atoms with Crippen molar-refractivity contribution < 1.29 is 14.8 Å². The third kappa shape index (κ3) is 4.11. The first-order valence-electron chi connectivity index (χ1n) is 6.20. The van der Waals surface area contributed by atoms with E-state index in [1.807, 2.05) is 6.07 Å². The van der Waals surface area contributed by atoms with Crippen LogP contribution < -0.4 is 5.32 Å². The maximum Gasteiger partial charge on any atom is 0.307 e. The maximum absolute atomic E-state index is 11.7. The lowest BCUT2D eigenvalue weighted by Crippen LogP contribution is -2.27. The van der Waals surface area contributed by atoms with Crippen LogP contribution in [0.4, 0.5) is 5.69 Å². The highest BCUT2D eigenvalue weighted by Crippen LogP contribution is 2.07. The summed E-state index contributed by atoms with van der Waals surface area (Å²) in [6.45, 7) is 0.169. The van der Waals surface area contributed by atoms with Crippen LogP contribution in [0.25, 0.3) is 0 Å². The summed E-state index contributed by atoms with van der Waals surface area (Å²) in [5.41, 5.74) is 1.48. The Labute approximate surface area is 120 Å². The molecule has 0 aliphatic carbocycles. The van der Waals surface area contributed by atoms with E-state index < -0.39 is 4.92 Å². The first-order chi connectivity index (χ1) is 10.1. The molecule has 8 heteroatoms. The van der Waals surface area contributed by atoms with E-state index in [9.17, 15) is 14.9 Å². The average molecular weight is 290 g/mol. The average Bonchev–Trinajstić information content (AvgIpc) is 2.94. The van der Waals surface area contributed by atoms with Crippen molar-refractivity contribution in [1.82, 2.24) is 15.1 Å². The van der Waals surface area contributed by atoms with Gasteiger partial charge in [0, 0.05) is 6.54 Å². The van der Waals surface area contributed by atoms with E-state index >= 15 is 0 Å². The van der Waals surface area contributed by atoms with Gasteiger partial charge in [-0.2, -0.15) is 5.10 Å². The van der Waals surface area contributed by atoms with Gasteiger partial charge in [0.25, 0.3) is 0 Å². The van der Waals surface area contributed by atoms with Gasteiger partial charge in [0.1, 0.15) is 18.9 Å². The standard InChI is InChI=1S/C13H14N4O4/c18-9-11-3-1-2-10(4-11)5-14-13(19)8-16-7-12(6-15-16)17(20)21/h1-4,6-7,18H,5,8-9H2,(H,14,19). The van der Waals surface area contributed by atoms with Crippen molar-refractivity contribution in [3.8, 4) is 0 Å². The van der Waals surface area contributed by atoms with E-state index in [2.05, 4.69) is 10.4 Å². The molecule has 0 bridgehead atoms. The fraction of sp³-hybridized carbons (Fsp3) is 0.231. The molecule has 2 aromatic rings. The van der Waals surface area contributed by atoms with Gasteiger partial charge in [-0.3, -0.25) is 19.6 Å². The van der Waals surface area contributed by atoms with Gasteiger partial charge in [-0.05, 0) is 11.1 Å². The maximum atomic E-state index is 11.7. The number of hydrogen-bond acceptors (Lipinski definition) is 5. The molecule has 0 fully saturated rings. The van der Waals surface area contributed by atoms with Crippen LogP contribution >= 0.6 is 0 Å². The van der Waals surface area contributed by atoms with Crippen LogP contribution in [0.3, 0.4) is 0 Å². The number of aliphatic hydroxyl groups is 1. The molecule has 0 saturated carbocycles. The van der Waals surface area contributed by atoms with Gasteiger partial charge >= 0.3 is 5.69 Å². The second-order valence-electron chi connectivity index (χ2n) is 4.41. The molecule has 1 amide bonds. The van der Waals surface area contributed by atoms with Gasteiger partial charge in [-0.15, -0.1) is 0 Å². The summed E-state index contributed by atoms with van der Waals surface area (Å²) >= 11 is 0. The zero-order valence-corrected chi connectivity index (χ0v) is 11.1. The van der Waals surface area contributed by atoms with Crippen molar-refractivity contribution >= 4 is 11.6 Å². The number of carbonyl (C=O) groups is 1. The number of aromatic nitrogens is 2. The van der Waals surface area contributed by atoms with Gasteiger partial charge in [0.2, 0.25) is 5.91 Å². The van der Waals surface area contributed by atoms with E-state index in [0.717, 1.165) is 17.3 Å². The molecular formula is C13H14N4O4. The van der Waals surface area contributed by atoms with Crippen LogP contribution in [-0.4, -0.2) is 25.7 Å². The summed E-state index contributed by atoms with van der Waals surface area (Å²) in [4.78, 5) is 21.7. The smallest absolute Gasteiger partial charge is 0.307 e. The molecule has 0 atom stereocenters. The number of nitrogens with one attached hydrogen (secondary N) is 1.